The molecule has 0 saturated heterocycles. The Morgan fingerprint density at radius 3 is 2.42 bits per heavy atom. The van der Waals surface area contributed by atoms with E-state index in [-0.39, 0.29) is 17.1 Å². The van der Waals surface area contributed by atoms with Crippen LogP contribution in [0.15, 0.2) is 42.6 Å². The molecule has 0 aliphatic carbocycles. The van der Waals surface area contributed by atoms with E-state index in [2.05, 4.69) is 10.3 Å². The van der Waals surface area contributed by atoms with Crippen molar-refractivity contribution in [3.8, 4) is 0 Å². The molecule has 1 radical (unpaired) electrons. The van der Waals surface area contributed by atoms with Crippen LogP contribution in [0.5, 0.6) is 0 Å². The van der Waals surface area contributed by atoms with Crippen LogP contribution >= 0.6 is 0 Å². The number of nitrogens with zero attached hydrogens (tertiary/aromatic N) is 1. The van der Waals surface area contributed by atoms with E-state index in [0.717, 1.165) is 6.08 Å². The second kappa shape index (κ2) is 5.69. The zero-order chi connectivity index (χ0) is 13.2. The van der Waals surface area contributed by atoms with E-state index in [1.54, 1.807) is 30.5 Å². The molecule has 19 heavy (non-hydrogen) atoms. The fraction of sp³-hybridized carbons (Fsp3) is 0.0833. The third-order valence-corrected chi connectivity index (χ3v) is 2.56. The Morgan fingerprint density at radius 1 is 1.21 bits per heavy atom. The maximum Gasteiger partial charge on any atom is 0.345 e. The molecule has 0 saturated carbocycles. The van der Waals surface area contributed by atoms with Gasteiger partial charge in [0.1, 0.15) is 0 Å². The average molecular weight is 310 g/mol. The van der Waals surface area contributed by atoms with Crippen molar-refractivity contribution in [2.24, 2.45) is 0 Å². The molecule has 0 amide bonds. The number of pyridine rings is 1. The van der Waals surface area contributed by atoms with Crippen molar-refractivity contribution in [1.29, 1.82) is 0 Å². The molecule has 0 aromatic carbocycles. The van der Waals surface area contributed by atoms with Crippen LogP contribution in [-0.2, 0) is 26.7 Å². The van der Waals surface area contributed by atoms with Crippen LogP contribution in [0.3, 0.4) is 0 Å². The fourth-order valence-electron chi connectivity index (χ4n) is 1.60. The van der Waals surface area contributed by atoms with Crippen molar-refractivity contribution >= 4 is 17.6 Å². The van der Waals surface area contributed by atoms with Crippen molar-refractivity contribution in [2.45, 2.75) is 5.54 Å². The Balaban J connectivity index is 0.00000180. The maximum absolute atomic E-state index is 11.2. The number of allylic oxidation sites excluding steroid dienone is 2. The van der Waals surface area contributed by atoms with Crippen LogP contribution < -0.4 is 5.32 Å². The largest absolute Gasteiger partial charge is 0.479 e. The molecule has 103 valence electrons. The number of carboxylic acids is 2. The quantitative estimate of drug-likeness (QED) is 0.555. The molecule has 0 unspecified atom stereocenters. The number of aromatic nitrogens is 1. The van der Waals surface area contributed by atoms with Gasteiger partial charge in [0.25, 0.3) is 5.54 Å². The van der Waals surface area contributed by atoms with Gasteiger partial charge in [0.05, 0.1) is 11.4 Å². The fourth-order valence-corrected chi connectivity index (χ4v) is 1.60. The van der Waals surface area contributed by atoms with Crippen LogP contribution in [0.2, 0.25) is 0 Å². The average Bonchev–Trinajstić information content (AvgIpc) is 2.39. The number of nitrogens with one attached hydrogen (secondary N) is 1. The van der Waals surface area contributed by atoms with E-state index < -0.39 is 17.5 Å². The number of carboxylic acid groups (broad SMARTS) is 2. The zero-order valence-electron chi connectivity index (χ0n) is 9.50. The number of carbonyl (C=O) groups is 2. The van der Waals surface area contributed by atoms with Crippen LogP contribution in [0.1, 0.15) is 5.69 Å². The second-order valence-electron chi connectivity index (χ2n) is 3.70. The van der Waals surface area contributed by atoms with Gasteiger partial charge in [-0.15, -0.1) is 0 Å². The zero-order valence-corrected chi connectivity index (χ0v) is 10.4. The molecular weight excluding hydrogens is 300 g/mol. The molecule has 1 aliphatic rings. The monoisotopic (exact) mass is 309 g/mol. The van der Waals surface area contributed by atoms with E-state index >= 15 is 0 Å². The van der Waals surface area contributed by atoms with E-state index in [4.69, 9.17) is 10.2 Å². The molecule has 7 heteroatoms. The summed E-state index contributed by atoms with van der Waals surface area (Å²) in [6.45, 7) is 0. The maximum atomic E-state index is 11.2. The van der Waals surface area contributed by atoms with E-state index in [9.17, 15) is 9.59 Å². The van der Waals surface area contributed by atoms with Crippen LogP contribution in [0.25, 0.3) is 5.70 Å². The Morgan fingerprint density at radius 2 is 1.89 bits per heavy atom. The smallest absolute Gasteiger partial charge is 0.345 e. The van der Waals surface area contributed by atoms with E-state index in [0.29, 0.717) is 11.4 Å². The first-order valence-corrected chi connectivity index (χ1v) is 5.12. The summed E-state index contributed by atoms with van der Waals surface area (Å²) in [6, 6.07) is 5.10. The van der Waals surface area contributed by atoms with Gasteiger partial charge in [0.15, 0.2) is 0 Å². The third kappa shape index (κ3) is 2.67. The van der Waals surface area contributed by atoms with E-state index in [1.165, 1.54) is 6.08 Å². The van der Waals surface area contributed by atoms with Crippen LogP contribution in [0, 0.1) is 0 Å². The van der Waals surface area contributed by atoms with E-state index in [1.807, 2.05) is 0 Å². The van der Waals surface area contributed by atoms with Crippen molar-refractivity contribution in [3.63, 3.8) is 0 Å². The van der Waals surface area contributed by atoms with Gasteiger partial charge in [0, 0.05) is 23.3 Å². The molecule has 0 spiro atoms. The first-order chi connectivity index (χ1) is 8.56. The summed E-state index contributed by atoms with van der Waals surface area (Å²) in [6.07, 6.45) is 5.60. The van der Waals surface area contributed by atoms with Crippen molar-refractivity contribution in [3.05, 3.63) is 48.3 Å². The van der Waals surface area contributed by atoms with Gasteiger partial charge in [-0.25, -0.2) is 9.59 Å². The van der Waals surface area contributed by atoms with Crippen molar-refractivity contribution in [1.82, 2.24) is 10.3 Å². The first kappa shape index (κ1) is 14.9. The minimum Gasteiger partial charge on any atom is -0.479 e. The molecule has 3 N–H and O–H groups in total. The SMILES string of the molecule is O=C(O)C1(C(=O)O)C=CC=C(c2ccccn2)N1.[Cu]. The van der Waals surface area contributed by atoms with Gasteiger partial charge in [-0.1, -0.05) is 12.1 Å². The first-order valence-electron chi connectivity index (χ1n) is 5.12. The normalized spacial score (nSPS) is 15.7. The van der Waals surface area contributed by atoms with Gasteiger partial charge >= 0.3 is 11.9 Å². The topological polar surface area (TPSA) is 99.5 Å². The summed E-state index contributed by atoms with van der Waals surface area (Å²) in [5.74, 6) is -2.96. The predicted molar refractivity (Wildman–Crippen MR) is 62.5 cm³/mol. The molecule has 2 rings (SSSR count). The number of rotatable bonds is 3. The minimum absolute atomic E-state index is 0. The molecule has 0 bridgehead atoms. The van der Waals surface area contributed by atoms with Gasteiger partial charge in [-0.05, 0) is 24.3 Å². The van der Waals surface area contributed by atoms with Gasteiger partial charge < -0.3 is 15.5 Å². The predicted octanol–water partition coefficient (Wildman–Crippen LogP) is 0.487. The van der Waals surface area contributed by atoms with Crippen LogP contribution in [0.4, 0.5) is 0 Å². The van der Waals surface area contributed by atoms with Crippen molar-refractivity contribution < 1.29 is 36.9 Å². The second-order valence-corrected chi connectivity index (χ2v) is 3.70. The summed E-state index contributed by atoms with van der Waals surface area (Å²) < 4.78 is 0. The molecular formula is C12H10CuN2O4. The molecule has 2 heterocycles. The van der Waals surface area contributed by atoms with Gasteiger partial charge in [-0.3, -0.25) is 4.98 Å². The van der Waals surface area contributed by atoms with Gasteiger partial charge in [0.2, 0.25) is 0 Å². The minimum atomic E-state index is -2.15. The molecule has 0 fully saturated rings. The molecule has 0 atom stereocenters. The molecule has 6 nitrogen and oxygen atoms in total. The Bertz CT molecular complexity index is 540. The molecule has 1 aromatic rings. The Kier molecular flexibility index (Phi) is 4.47. The molecule has 1 aromatic heterocycles. The van der Waals surface area contributed by atoms with Crippen LogP contribution in [-0.4, -0.2) is 32.7 Å². The number of hydrogen-bond donors (Lipinski definition) is 3. The third-order valence-electron chi connectivity index (χ3n) is 2.56. The molecule has 1 aliphatic heterocycles. The summed E-state index contributed by atoms with van der Waals surface area (Å²) in [5, 5.41) is 20.7. The summed E-state index contributed by atoms with van der Waals surface area (Å²) >= 11 is 0. The number of hydrogen-bond acceptors (Lipinski definition) is 4. The standard InChI is InChI=1S/C12H10N2O4.Cu/c15-10(16)12(11(17)18)6-3-5-9(14-12)8-4-1-2-7-13-8;/h1-7,14H,(H,15,16)(H,17,18);. The summed E-state index contributed by atoms with van der Waals surface area (Å²) in [5.41, 5.74) is -1.32. The van der Waals surface area contributed by atoms with Gasteiger partial charge in [-0.2, -0.15) is 0 Å². The Labute approximate surface area is 119 Å². The Hall–Kier alpha value is -2.11. The summed E-state index contributed by atoms with van der Waals surface area (Å²) in [7, 11) is 0. The number of dihydropyridines is 1. The summed E-state index contributed by atoms with van der Waals surface area (Å²) in [4.78, 5) is 26.3. The number of aliphatic carboxylic acids is 2. The van der Waals surface area contributed by atoms with Crippen molar-refractivity contribution in [2.75, 3.05) is 0 Å².